The van der Waals surface area contributed by atoms with Gasteiger partial charge in [-0.25, -0.2) is 4.79 Å². The van der Waals surface area contributed by atoms with E-state index in [4.69, 9.17) is 4.74 Å². The zero-order valence-electron chi connectivity index (χ0n) is 27.4. The van der Waals surface area contributed by atoms with E-state index in [0.717, 1.165) is 5.56 Å². The first-order valence-corrected chi connectivity index (χ1v) is 14.7. The molecule has 0 fully saturated rings. The zero-order valence-corrected chi connectivity index (χ0v) is 27.4. The molecule has 0 spiro atoms. The highest BCUT2D eigenvalue weighted by Crippen LogP contribution is 2.29. The largest absolute Gasteiger partial charge is 0.444 e. The molecule has 10 nitrogen and oxygen atoms in total. The summed E-state index contributed by atoms with van der Waals surface area (Å²) in [6.45, 7) is 20.0. The number of amides is 4. The first-order valence-electron chi connectivity index (χ1n) is 14.7. The highest BCUT2D eigenvalue weighted by molar-refractivity contribution is 5.87. The lowest BCUT2D eigenvalue weighted by molar-refractivity contribution is -0.134. The fraction of sp³-hybridized carbons (Fsp3) is 0.688. The van der Waals surface area contributed by atoms with Gasteiger partial charge in [0.05, 0.1) is 18.1 Å². The van der Waals surface area contributed by atoms with Crippen LogP contribution in [-0.4, -0.2) is 64.8 Å². The molecular formula is C32H54N4O6. The third kappa shape index (κ3) is 14.2. The highest BCUT2D eigenvalue weighted by atomic mass is 16.6. The van der Waals surface area contributed by atoms with Crippen molar-refractivity contribution in [2.24, 2.45) is 17.3 Å². The van der Waals surface area contributed by atoms with Crippen molar-refractivity contribution in [3.8, 4) is 0 Å². The number of rotatable bonds is 12. The number of aliphatic hydroxyl groups is 1. The van der Waals surface area contributed by atoms with Gasteiger partial charge in [-0.2, -0.15) is 0 Å². The number of benzene rings is 1. The van der Waals surface area contributed by atoms with Crippen LogP contribution >= 0.6 is 0 Å². The Morgan fingerprint density at radius 1 is 0.857 bits per heavy atom. The number of alkyl carbamates (subject to hydrolysis) is 1. The van der Waals surface area contributed by atoms with Gasteiger partial charge in [0, 0.05) is 18.5 Å². The van der Waals surface area contributed by atoms with Crippen LogP contribution in [0, 0.1) is 17.3 Å². The van der Waals surface area contributed by atoms with Crippen LogP contribution in [0.5, 0.6) is 0 Å². The smallest absolute Gasteiger partial charge is 0.408 e. The van der Waals surface area contributed by atoms with Crippen molar-refractivity contribution in [3.63, 3.8) is 0 Å². The number of carbonyl (C=O) groups is 4. The summed E-state index contributed by atoms with van der Waals surface area (Å²) in [6, 6.07) is 7.67. The summed E-state index contributed by atoms with van der Waals surface area (Å²) in [6.07, 6.45) is -1.58. The molecule has 1 aromatic carbocycles. The average Bonchev–Trinajstić information content (AvgIpc) is 2.81. The van der Waals surface area contributed by atoms with Crippen molar-refractivity contribution in [1.29, 1.82) is 0 Å². The molecule has 0 aliphatic heterocycles. The van der Waals surface area contributed by atoms with Crippen LogP contribution in [0.1, 0.15) is 88.1 Å². The Bertz CT molecular complexity index is 1040. The number of hydrogen-bond acceptors (Lipinski definition) is 6. The number of ether oxygens (including phenoxy) is 1. The molecule has 0 saturated carbocycles. The summed E-state index contributed by atoms with van der Waals surface area (Å²) in [5.41, 5.74) is -0.799. The molecule has 0 aromatic heterocycles. The standard InChI is InChI=1S/C32H54N4O6/c1-20(2)26(35-29(41)42-32(9,10)11)28(40)34-23(17-21-15-13-12-14-16-21)24(37)19-33-27(39)22(30(3,4)5)18-25(38)36-31(6,7)8/h12-16,20,22-24,26,37H,17-19H2,1-11H3,(H,33,39)(H,34,40)(H,35,41)(H,36,38)/t22-,23-,24-,26-/m0/s1. The second-order valence-electron chi connectivity index (χ2n) is 14.4. The van der Waals surface area contributed by atoms with E-state index in [2.05, 4.69) is 21.3 Å². The van der Waals surface area contributed by atoms with E-state index in [9.17, 15) is 24.3 Å². The minimum Gasteiger partial charge on any atom is -0.444 e. The minimum atomic E-state index is -1.16. The topological polar surface area (TPSA) is 146 Å². The second-order valence-corrected chi connectivity index (χ2v) is 14.4. The molecule has 5 N–H and O–H groups in total. The molecule has 0 bridgehead atoms. The fourth-order valence-electron chi connectivity index (χ4n) is 4.31. The Labute approximate surface area is 252 Å². The van der Waals surface area contributed by atoms with Crippen LogP contribution in [-0.2, 0) is 25.5 Å². The van der Waals surface area contributed by atoms with Crippen molar-refractivity contribution < 1.29 is 29.0 Å². The van der Waals surface area contributed by atoms with Crippen LogP contribution in [0.25, 0.3) is 0 Å². The summed E-state index contributed by atoms with van der Waals surface area (Å²) in [4.78, 5) is 51.7. The maximum absolute atomic E-state index is 13.4. The molecule has 0 aliphatic rings. The van der Waals surface area contributed by atoms with Crippen LogP contribution in [0.15, 0.2) is 30.3 Å². The predicted molar refractivity (Wildman–Crippen MR) is 165 cm³/mol. The number of hydrogen-bond donors (Lipinski definition) is 5. The molecule has 238 valence electrons. The lowest BCUT2D eigenvalue weighted by Gasteiger charge is -2.32. The number of carbonyl (C=O) groups excluding carboxylic acids is 4. The Morgan fingerprint density at radius 2 is 1.43 bits per heavy atom. The summed E-state index contributed by atoms with van der Waals surface area (Å²) in [5.74, 6) is -1.98. The van der Waals surface area contributed by atoms with Gasteiger partial charge < -0.3 is 31.1 Å². The molecule has 0 aliphatic carbocycles. The molecule has 0 unspecified atom stereocenters. The first kappa shape index (κ1) is 36.9. The minimum absolute atomic E-state index is 0.000713. The van der Waals surface area contributed by atoms with E-state index in [1.165, 1.54) is 0 Å². The van der Waals surface area contributed by atoms with Gasteiger partial charge in [-0.05, 0) is 64.9 Å². The Hall–Kier alpha value is -3.14. The van der Waals surface area contributed by atoms with E-state index in [0.29, 0.717) is 0 Å². The summed E-state index contributed by atoms with van der Waals surface area (Å²) < 4.78 is 5.33. The van der Waals surface area contributed by atoms with Crippen LogP contribution < -0.4 is 21.3 Å². The van der Waals surface area contributed by atoms with Crippen molar-refractivity contribution in [1.82, 2.24) is 21.3 Å². The number of aliphatic hydroxyl groups excluding tert-OH is 1. The predicted octanol–water partition coefficient (Wildman–Crippen LogP) is 3.71. The molecule has 1 aromatic rings. The summed E-state index contributed by atoms with van der Waals surface area (Å²) in [7, 11) is 0. The quantitative estimate of drug-likeness (QED) is 0.251. The summed E-state index contributed by atoms with van der Waals surface area (Å²) >= 11 is 0. The molecule has 1 rings (SSSR count). The van der Waals surface area contributed by atoms with Crippen molar-refractivity contribution in [3.05, 3.63) is 35.9 Å². The van der Waals surface area contributed by atoms with E-state index >= 15 is 0 Å². The van der Waals surface area contributed by atoms with Gasteiger partial charge in [0.15, 0.2) is 0 Å². The molecular weight excluding hydrogens is 536 g/mol. The first-order chi connectivity index (χ1) is 19.1. The Balaban J connectivity index is 3.08. The van der Waals surface area contributed by atoms with E-state index in [1.807, 2.05) is 71.9 Å². The molecule has 4 atom stereocenters. The van der Waals surface area contributed by atoms with E-state index < -0.39 is 52.7 Å². The molecule has 4 amide bonds. The Kier molecular flexibility index (Phi) is 13.5. The third-order valence-corrected chi connectivity index (χ3v) is 6.46. The third-order valence-electron chi connectivity index (χ3n) is 6.46. The van der Waals surface area contributed by atoms with Gasteiger partial charge in [-0.1, -0.05) is 65.0 Å². The SMILES string of the molecule is CC(C)[C@H](NC(=O)OC(C)(C)C)C(=O)N[C@@H](Cc1ccccc1)[C@@H](O)CNC(=O)[C@H](CC(=O)NC(C)(C)C)C(C)(C)C. The fourth-order valence-corrected chi connectivity index (χ4v) is 4.31. The zero-order chi connectivity index (χ0) is 32.5. The van der Waals surface area contributed by atoms with Crippen molar-refractivity contribution in [2.75, 3.05) is 6.54 Å². The Morgan fingerprint density at radius 3 is 1.90 bits per heavy atom. The van der Waals surface area contributed by atoms with Gasteiger partial charge in [-0.3, -0.25) is 14.4 Å². The maximum atomic E-state index is 13.4. The van der Waals surface area contributed by atoms with Crippen molar-refractivity contribution in [2.45, 2.75) is 118 Å². The van der Waals surface area contributed by atoms with Gasteiger partial charge in [0.25, 0.3) is 0 Å². The second kappa shape index (κ2) is 15.4. The molecule has 10 heteroatoms. The maximum Gasteiger partial charge on any atom is 0.408 e. The van der Waals surface area contributed by atoms with Crippen molar-refractivity contribution >= 4 is 23.8 Å². The number of nitrogens with one attached hydrogen (secondary N) is 4. The lowest BCUT2D eigenvalue weighted by atomic mass is 9.77. The molecule has 0 radical (unpaired) electrons. The summed E-state index contributed by atoms with van der Waals surface area (Å²) in [5, 5.41) is 22.4. The van der Waals surface area contributed by atoms with Gasteiger partial charge in [0.2, 0.25) is 17.7 Å². The van der Waals surface area contributed by atoms with Crippen LogP contribution in [0.2, 0.25) is 0 Å². The van der Waals surface area contributed by atoms with E-state index in [1.54, 1.807) is 34.6 Å². The van der Waals surface area contributed by atoms with Gasteiger partial charge in [-0.15, -0.1) is 0 Å². The highest BCUT2D eigenvalue weighted by Gasteiger charge is 2.35. The molecule has 0 heterocycles. The van der Waals surface area contributed by atoms with Gasteiger partial charge >= 0.3 is 6.09 Å². The average molecular weight is 591 g/mol. The van der Waals surface area contributed by atoms with Crippen LogP contribution in [0.3, 0.4) is 0 Å². The van der Waals surface area contributed by atoms with Gasteiger partial charge in [0.1, 0.15) is 11.6 Å². The molecule has 42 heavy (non-hydrogen) atoms. The van der Waals surface area contributed by atoms with E-state index in [-0.39, 0.29) is 37.1 Å². The lowest BCUT2D eigenvalue weighted by Crippen LogP contribution is -2.57. The molecule has 0 saturated heterocycles. The normalized spacial score (nSPS) is 15.2. The van der Waals surface area contributed by atoms with Crippen LogP contribution in [0.4, 0.5) is 4.79 Å². The monoisotopic (exact) mass is 590 g/mol.